The van der Waals surface area contributed by atoms with Gasteiger partial charge >= 0.3 is 0 Å². The van der Waals surface area contributed by atoms with Gasteiger partial charge in [-0.05, 0) is 37.5 Å². The Bertz CT molecular complexity index is 840. The monoisotopic (exact) mass is 365 g/mol. The van der Waals surface area contributed by atoms with Crippen LogP contribution in [0.5, 0.6) is 5.88 Å². The summed E-state index contributed by atoms with van der Waals surface area (Å²) in [4.78, 5) is 34.0. The van der Waals surface area contributed by atoms with E-state index in [2.05, 4.69) is 4.98 Å². The van der Waals surface area contributed by atoms with Gasteiger partial charge in [-0.2, -0.15) is 0 Å². The van der Waals surface area contributed by atoms with Crippen molar-refractivity contribution in [2.24, 2.45) is 0 Å². The topological polar surface area (TPSA) is 62.7 Å². The molecule has 2 aromatic rings. The molecular weight excluding hydrogens is 342 g/mol. The molecule has 1 aromatic carbocycles. The predicted molar refractivity (Wildman–Crippen MR) is 101 cm³/mol. The molecule has 2 aliphatic heterocycles. The molecule has 0 spiro atoms. The number of piperidine rings is 1. The number of hydrogen-bond acceptors (Lipinski definition) is 4. The largest absolute Gasteiger partial charge is 0.471 e. The molecule has 0 radical (unpaired) electrons. The van der Waals surface area contributed by atoms with E-state index in [1.54, 1.807) is 22.1 Å². The lowest BCUT2D eigenvalue weighted by molar-refractivity contribution is -0.141. The van der Waals surface area contributed by atoms with E-state index in [9.17, 15) is 9.59 Å². The van der Waals surface area contributed by atoms with Crippen molar-refractivity contribution in [2.45, 2.75) is 38.3 Å². The van der Waals surface area contributed by atoms with Crippen molar-refractivity contribution in [1.82, 2.24) is 9.88 Å². The Labute approximate surface area is 158 Å². The Morgan fingerprint density at radius 1 is 1.19 bits per heavy atom. The number of carbonyl (C=O) groups is 2. The standard InChI is InChI=1S/C21H23N3O3/c1-15-14-24(17-10-7-12-22-20(17)27-15)21(26)19(16-8-3-2-4-9-16)23-13-6-5-11-18(23)25/h2-4,7-10,12,15,19H,5-6,11,13-14H2,1H3. The molecule has 6 nitrogen and oxygen atoms in total. The molecule has 27 heavy (non-hydrogen) atoms. The second-order valence-corrected chi connectivity index (χ2v) is 7.06. The lowest BCUT2D eigenvalue weighted by Gasteiger charge is -2.39. The van der Waals surface area contributed by atoms with E-state index in [-0.39, 0.29) is 17.9 Å². The number of ether oxygens (including phenoxy) is 1. The zero-order valence-electron chi connectivity index (χ0n) is 15.4. The maximum Gasteiger partial charge on any atom is 0.254 e. The van der Waals surface area contributed by atoms with E-state index in [1.807, 2.05) is 43.3 Å². The average Bonchev–Trinajstić information content (AvgIpc) is 2.69. The van der Waals surface area contributed by atoms with E-state index in [0.29, 0.717) is 31.1 Å². The molecule has 0 N–H and O–H groups in total. The smallest absolute Gasteiger partial charge is 0.254 e. The third-order valence-corrected chi connectivity index (χ3v) is 5.08. The first-order valence-electron chi connectivity index (χ1n) is 9.42. The van der Waals surface area contributed by atoms with Gasteiger partial charge in [0, 0.05) is 19.2 Å². The number of rotatable bonds is 3. The zero-order valence-corrected chi connectivity index (χ0v) is 15.4. The second kappa shape index (κ2) is 7.39. The average molecular weight is 365 g/mol. The molecule has 2 aliphatic rings. The second-order valence-electron chi connectivity index (χ2n) is 7.06. The van der Waals surface area contributed by atoms with Crippen molar-refractivity contribution in [3.8, 4) is 5.88 Å². The summed E-state index contributed by atoms with van der Waals surface area (Å²) in [6.07, 6.45) is 3.79. The number of likely N-dealkylation sites (tertiary alicyclic amines) is 1. The van der Waals surface area contributed by atoms with Gasteiger partial charge in [0.1, 0.15) is 17.8 Å². The normalized spacial score (nSPS) is 20.6. The number of aromatic nitrogens is 1. The Morgan fingerprint density at radius 3 is 2.78 bits per heavy atom. The van der Waals surface area contributed by atoms with Crippen LogP contribution < -0.4 is 9.64 Å². The number of carbonyl (C=O) groups excluding carboxylic acids is 2. The van der Waals surface area contributed by atoms with Gasteiger partial charge in [-0.1, -0.05) is 30.3 Å². The van der Waals surface area contributed by atoms with E-state index < -0.39 is 6.04 Å². The van der Waals surface area contributed by atoms with Crippen LogP contribution in [0, 0.1) is 0 Å². The Morgan fingerprint density at radius 2 is 2.00 bits per heavy atom. The van der Waals surface area contributed by atoms with Gasteiger partial charge < -0.3 is 14.5 Å². The first-order valence-corrected chi connectivity index (χ1v) is 9.42. The predicted octanol–water partition coefficient (Wildman–Crippen LogP) is 2.95. The van der Waals surface area contributed by atoms with Gasteiger partial charge in [0.2, 0.25) is 11.8 Å². The summed E-state index contributed by atoms with van der Waals surface area (Å²) >= 11 is 0. The molecular formula is C21H23N3O3. The molecule has 2 unspecified atom stereocenters. The van der Waals surface area contributed by atoms with E-state index in [4.69, 9.17) is 4.74 Å². The fourth-order valence-corrected chi connectivity index (χ4v) is 3.81. The van der Waals surface area contributed by atoms with E-state index in [0.717, 1.165) is 18.4 Å². The number of pyridine rings is 1. The number of benzene rings is 1. The third kappa shape index (κ3) is 3.39. The maximum absolute atomic E-state index is 13.7. The summed E-state index contributed by atoms with van der Waals surface area (Å²) in [7, 11) is 0. The molecule has 0 bridgehead atoms. The number of amides is 2. The maximum atomic E-state index is 13.7. The van der Waals surface area contributed by atoms with Gasteiger partial charge in [-0.3, -0.25) is 9.59 Å². The first-order chi connectivity index (χ1) is 13.1. The molecule has 2 atom stereocenters. The molecule has 0 saturated carbocycles. The van der Waals surface area contributed by atoms with Gasteiger partial charge in [0.15, 0.2) is 0 Å². The number of anilines is 1. The van der Waals surface area contributed by atoms with Crippen LogP contribution >= 0.6 is 0 Å². The number of nitrogens with zero attached hydrogens (tertiary/aromatic N) is 3. The van der Waals surface area contributed by atoms with Crippen molar-refractivity contribution in [2.75, 3.05) is 18.0 Å². The lowest BCUT2D eigenvalue weighted by Crippen LogP contribution is -2.50. The fraction of sp³-hybridized carbons (Fsp3) is 0.381. The number of fused-ring (bicyclic) bond motifs is 1. The molecule has 2 amide bonds. The molecule has 3 heterocycles. The summed E-state index contributed by atoms with van der Waals surface area (Å²) in [6, 6.07) is 12.6. The first kappa shape index (κ1) is 17.5. The molecule has 140 valence electrons. The van der Waals surface area contributed by atoms with Crippen LogP contribution in [0.25, 0.3) is 0 Å². The van der Waals surface area contributed by atoms with Crippen molar-refractivity contribution < 1.29 is 14.3 Å². The highest BCUT2D eigenvalue weighted by Gasteiger charge is 2.38. The summed E-state index contributed by atoms with van der Waals surface area (Å²) in [5.74, 6) is 0.387. The van der Waals surface area contributed by atoms with Crippen LogP contribution in [0.4, 0.5) is 5.69 Å². The van der Waals surface area contributed by atoms with Crippen LogP contribution in [0.3, 0.4) is 0 Å². The zero-order chi connectivity index (χ0) is 18.8. The minimum atomic E-state index is -0.627. The third-order valence-electron chi connectivity index (χ3n) is 5.08. The van der Waals surface area contributed by atoms with Gasteiger partial charge in [0.05, 0.1) is 6.54 Å². The Hall–Kier alpha value is -2.89. The minimum Gasteiger partial charge on any atom is -0.471 e. The van der Waals surface area contributed by atoms with E-state index in [1.165, 1.54) is 0 Å². The van der Waals surface area contributed by atoms with Gasteiger partial charge in [-0.15, -0.1) is 0 Å². The van der Waals surface area contributed by atoms with Crippen LogP contribution in [-0.2, 0) is 9.59 Å². The molecule has 1 fully saturated rings. The summed E-state index contributed by atoms with van der Waals surface area (Å²) < 4.78 is 5.78. The molecule has 6 heteroatoms. The Kier molecular flexibility index (Phi) is 4.79. The highest BCUT2D eigenvalue weighted by Crippen LogP contribution is 2.35. The van der Waals surface area contributed by atoms with Gasteiger partial charge in [0.25, 0.3) is 5.91 Å². The van der Waals surface area contributed by atoms with E-state index >= 15 is 0 Å². The fourth-order valence-electron chi connectivity index (χ4n) is 3.81. The molecule has 4 rings (SSSR count). The van der Waals surface area contributed by atoms with Crippen molar-refractivity contribution in [3.63, 3.8) is 0 Å². The van der Waals surface area contributed by atoms with Crippen molar-refractivity contribution in [3.05, 3.63) is 54.2 Å². The lowest BCUT2D eigenvalue weighted by atomic mass is 9.99. The SMILES string of the molecule is CC1CN(C(=O)C(c2ccccc2)N2CCCCC2=O)c2cccnc2O1. The quantitative estimate of drug-likeness (QED) is 0.839. The Balaban J connectivity index is 1.74. The molecule has 0 aliphatic carbocycles. The summed E-state index contributed by atoms with van der Waals surface area (Å²) in [5.41, 5.74) is 1.49. The minimum absolute atomic E-state index is 0.0381. The van der Waals surface area contributed by atoms with Gasteiger partial charge in [-0.25, -0.2) is 4.98 Å². The number of hydrogen-bond donors (Lipinski definition) is 0. The van der Waals surface area contributed by atoms with Crippen LogP contribution in [-0.4, -0.2) is 40.9 Å². The molecule has 1 aromatic heterocycles. The molecule has 1 saturated heterocycles. The van der Waals surface area contributed by atoms with Crippen molar-refractivity contribution in [1.29, 1.82) is 0 Å². The van der Waals surface area contributed by atoms with Crippen LogP contribution in [0.1, 0.15) is 37.8 Å². The van der Waals surface area contributed by atoms with Crippen molar-refractivity contribution >= 4 is 17.5 Å². The highest BCUT2D eigenvalue weighted by molar-refractivity contribution is 6.01. The highest BCUT2D eigenvalue weighted by atomic mass is 16.5. The van der Waals surface area contributed by atoms with Crippen LogP contribution in [0.2, 0.25) is 0 Å². The van der Waals surface area contributed by atoms with Crippen LogP contribution in [0.15, 0.2) is 48.7 Å². The summed E-state index contributed by atoms with van der Waals surface area (Å²) in [5, 5.41) is 0. The summed E-state index contributed by atoms with van der Waals surface area (Å²) in [6.45, 7) is 2.95.